The summed E-state index contributed by atoms with van der Waals surface area (Å²) in [5, 5.41) is 2.61. The minimum atomic E-state index is -4.38. The van der Waals surface area contributed by atoms with Gasteiger partial charge in [-0.2, -0.15) is 13.2 Å². The molecular formula is C12H11BrF3N3S. The van der Waals surface area contributed by atoms with Gasteiger partial charge in [0.25, 0.3) is 0 Å². The first-order valence-electron chi connectivity index (χ1n) is 5.63. The van der Waals surface area contributed by atoms with Crippen molar-refractivity contribution in [3.8, 4) is 0 Å². The number of nitrogens with two attached hydrogens (primary N) is 1. The van der Waals surface area contributed by atoms with Crippen LogP contribution in [0, 0.1) is 0 Å². The number of nitrogens with zero attached hydrogens (tertiary/aromatic N) is 1. The number of nitrogens with one attached hydrogen (secondary N) is 1. The molecular weight excluding hydrogens is 355 g/mol. The molecule has 0 saturated heterocycles. The van der Waals surface area contributed by atoms with Crippen LogP contribution in [0.25, 0.3) is 0 Å². The van der Waals surface area contributed by atoms with E-state index in [0.717, 1.165) is 17.1 Å². The minimum absolute atomic E-state index is 0.425. The molecule has 1 unspecified atom stereocenters. The van der Waals surface area contributed by atoms with Crippen molar-refractivity contribution in [3.05, 3.63) is 50.4 Å². The smallest absolute Gasteiger partial charge is 0.271 e. The standard InChI is InChI=1S/C12H11BrF3N3S/c13-9-2-1-7(12(14,15)16)5-8(9)10(19-17)6-11-18-3-4-20-11/h1-5,10,19H,6,17H2. The summed E-state index contributed by atoms with van der Waals surface area (Å²) in [6, 6.07) is 3.06. The lowest BCUT2D eigenvalue weighted by Gasteiger charge is -2.18. The summed E-state index contributed by atoms with van der Waals surface area (Å²) >= 11 is 4.70. The summed E-state index contributed by atoms with van der Waals surface area (Å²) in [6.07, 6.45) is -2.31. The molecule has 0 amide bonds. The van der Waals surface area contributed by atoms with Crippen molar-refractivity contribution >= 4 is 27.3 Å². The molecule has 3 N–H and O–H groups in total. The average molecular weight is 366 g/mol. The molecule has 20 heavy (non-hydrogen) atoms. The number of benzene rings is 1. The molecule has 0 fully saturated rings. The molecule has 0 aliphatic heterocycles. The van der Waals surface area contributed by atoms with E-state index in [1.807, 2.05) is 5.38 Å². The molecule has 0 bridgehead atoms. The van der Waals surface area contributed by atoms with E-state index >= 15 is 0 Å². The van der Waals surface area contributed by atoms with Gasteiger partial charge in [-0.1, -0.05) is 15.9 Å². The van der Waals surface area contributed by atoms with E-state index in [1.165, 1.54) is 17.4 Å². The SMILES string of the molecule is NNC(Cc1nccs1)c1cc(C(F)(F)F)ccc1Br. The first kappa shape index (κ1) is 15.4. The van der Waals surface area contributed by atoms with Gasteiger partial charge in [0.05, 0.1) is 16.6 Å². The third kappa shape index (κ3) is 3.57. The fourth-order valence-electron chi connectivity index (χ4n) is 1.77. The molecule has 0 aliphatic carbocycles. The van der Waals surface area contributed by atoms with Crippen LogP contribution < -0.4 is 11.3 Å². The van der Waals surface area contributed by atoms with E-state index in [-0.39, 0.29) is 0 Å². The highest BCUT2D eigenvalue weighted by Gasteiger charge is 2.31. The second-order valence-electron chi connectivity index (χ2n) is 4.08. The molecule has 1 aromatic heterocycles. The fourth-order valence-corrected chi connectivity index (χ4v) is 2.96. The largest absolute Gasteiger partial charge is 0.416 e. The molecule has 1 aromatic carbocycles. The lowest BCUT2D eigenvalue weighted by molar-refractivity contribution is -0.137. The van der Waals surface area contributed by atoms with Gasteiger partial charge in [-0.3, -0.25) is 11.3 Å². The normalized spacial score (nSPS) is 13.4. The zero-order valence-electron chi connectivity index (χ0n) is 10.1. The summed E-state index contributed by atoms with van der Waals surface area (Å²) < 4.78 is 38.9. The zero-order chi connectivity index (χ0) is 14.8. The maximum atomic E-state index is 12.8. The number of rotatable bonds is 4. The number of alkyl halides is 3. The Hall–Kier alpha value is -0.960. The first-order valence-corrected chi connectivity index (χ1v) is 7.30. The monoisotopic (exact) mass is 365 g/mol. The molecule has 108 valence electrons. The summed E-state index contributed by atoms with van der Waals surface area (Å²) in [4.78, 5) is 4.12. The van der Waals surface area contributed by atoms with E-state index in [1.54, 1.807) is 6.20 Å². The van der Waals surface area contributed by atoms with E-state index in [9.17, 15) is 13.2 Å². The van der Waals surface area contributed by atoms with Crippen LogP contribution in [-0.4, -0.2) is 4.98 Å². The van der Waals surface area contributed by atoms with Crippen LogP contribution in [0.3, 0.4) is 0 Å². The van der Waals surface area contributed by atoms with Crippen molar-refractivity contribution in [2.75, 3.05) is 0 Å². The van der Waals surface area contributed by atoms with E-state index in [0.29, 0.717) is 16.5 Å². The van der Waals surface area contributed by atoms with Crippen molar-refractivity contribution < 1.29 is 13.2 Å². The van der Waals surface area contributed by atoms with Crippen LogP contribution >= 0.6 is 27.3 Å². The Balaban J connectivity index is 2.33. The highest BCUT2D eigenvalue weighted by atomic mass is 79.9. The van der Waals surface area contributed by atoms with Crippen LogP contribution in [0.1, 0.15) is 22.2 Å². The van der Waals surface area contributed by atoms with Gasteiger partial charge < -0.3 is 0 Å². The van der Waals surface area contributed by atoms with Crippen LogP contribution in [-0.2, 0) is 12.6 Å². The maximum absolute atomic E-state index is 12.8. The Kier molecular flexibility index (Phi) is 4.79. The molecule has 0 spiro atoms. The molecule has 8 heteroatoms. The predicted molar refractivity (Wildman–Crippen MR) is 75.0 cm³/mol. The molecule has 0 radical (unpaired) electrons. The number of thiazole rings is 1. The topological polar surface area (TPSA) is 50.9 Å². The average Bonchev–Trinajstić information content (AvgIpc) is 2.88. The molecule has 2 rings (SSSR count). The zero-order valence-corrected chi connectivity index (χ0v) is 12.5. The maximum Gasteiger partial charge on any atom is 0.416 e. The van der Waals surface area contributed by atoms with Crippen molar-refractivity contribution in [2.45, 2.75) is 18.6 Å². The van der Waals surface area contributed by atoms with Gasteiger partial charge in [0.2, 0.25) is 0 Å². The number of hydrogen-bond donors (Lipinski definition) is 2. The molecule has 0 aliphatic rings. The lowest BCUT2D eigenvalue weighted by atomic mass is 10.0. The second kappa shape index (κ2) is 6.21. The van der Waals surface area contributed by atoms with Gasteiger partial charge in [0, 0.05) is 22.5 Å². The van der Waals surface area contributed by atoms with E-state index in [2.05, 4.69) is 26.3 Å². The molecule has 0 saturated carbocycles. The van der Waals surface area contributed by atoms with Gasteiger partial charge in [-0.25, -0.2) is 4.98 Å². The van der Waals surface area contributed by atoms with Gasteiger partial charge in [-0.15, -0.1) is 11.3 Å². The van der Waals surface area contributed by atoms with Crippen LogP contribution in [0.15, 0.2) is 34.2 Å². The summed E-state index contributed by atoms with van der Waals surface area (Å²) in [5.74, 6) is 5.47. The summed E-state index contributed by atoms with van der Waals surface area (Å²) in [5.41, 5.74) is 2.30. The number of hydrazine groups is 1. The fraction of sp³-hybridized carbons (Fsp3) is 0.250. The minimum Gasteiger partial charge on any atom is -0.271 e. The molecule has 3 nitrogen and oxygen atoms in total. The first-order chi connectivity index (χ1) is 9.41. The summed E-state index contributed by atoms with van der Waals surface area (Å²) in [7, 11) is 0. The molecule has 2 aromatic rings. The van der Waals surface area contributed by atoms with Crippen molar-refractivity contribution in [1.82, 2.24) is 10.4 Å². The Bertz CT molecular complexity index is 572. The second-order valence-corrected chi connectivity index (χ2v) is 5.92. The lowest BCUT2D eigenvalue weighted by Crippen LogP contribution is -2.30. The third-order valence-electron chi connectivity index (χ3n) is 2.76. The molecule has 1 heterocycles. The highest BCUT2D eigenvalue weighted by molar-refractivity contribution is 9.10. The molecule has 1 atom stereocenters. The van der Waals surface area contributed by atoms with Crippen molar-refractivity contribution in [1.29, 1.82) is 0 Å². The Morgan fingerprint density at radius 2 is 2.15 bits per heavy atom. The quantitative estimate of drug-likeness (QED) is 0.641. The highest BCUT2D eigenvalue weighted by Crippen LogP contribution is 2.34. The van der Waals surface area contributed by atoms with Gasteiger partial charge in [0.1, 0.15) is 0 Å². The van der Waals surface area contributed by atoms with Crippen molar-refractivity contribution in [2.24, 2.45) is 5.84 Å². The third-order valence-corrected chi connectivity index (χ3v) is 4.29. The Labute approximate surface area is 126 Å². The number of aromatic nitrogens is 1. The van der Waals surface area contributed by atoms with Gasteiger partial charge >= 0.3 is 6.18 Å². The van der Waals surface area contributed by atoms with Crippen LogP contribution in [0.4, 0.5) is 13.2 Å². The van der Waals surface area contributed by atoms with Gasteiger partial charge in [0.15, 0.2) is 0 Å². The summed E-state index contributed by atoms with van der Waals surface area (Å²) in [6.45, 7) is 0. The van der Waals surface area contributed by atoms with E-state index in [4.69, 9.17) is 5.84 Å². The number of hydrogen-bond acceptors (Lipinski definition) is 4. The van der Waals surface area contributed by atoms with Crippen LogP contribution in [0.5, 0.6) is 0 Å². The van der Waals surface area contributed by atoms with Crippen molar-refractivity contribution in [3.63, 3.8) is 0 Å². The Morgan fingerprint density at radius 1 is 1.40 bits per heavy atom. The van der Waals surface area contributed by atoms with E-state index < -0.39 is 17.8 Å². The van der Waals surface area contributed by atoms with Crippen LogP contribution in [0.2, 0.25) is 0 Å². The Morgan fingerprint density at radius 3 is 2.70 bits per heavy atom. The predicted octanol–water partition coefficient (Wildman–Crippen LogP) is 3.67. The van der Waals surface area contributed by atoms with Gasteiger partial charge in [-0.05, 0) is 23.8 Å². The number of halogens is 4.